The van der Waals surface area contributed by atoms with Gasteiger partial charge in [-0.1, -0.05) is 35.9 Å². The zero-order valence-electron chi connectivity index (χ0n) is 11.1. The first-order chi connectivity index (χ1) is 9.58. The van der Waals surface area contributed by atoms with Crippen LogP contribution in [0.3, 0.4) is 0 Å². The number of hydrogen-bond donors (Lipinski definition) is 1. The fourth-order valence-corrected chi connectivity index (χ4v) is 3.01. The van der Waals surface area contributed by atoms with Gasteiger partial charge in [0, 0.05) is 18.5 Å². The monoisotopic (exact) mass is 290 g/mol. The molecule has 0 saturated carbocycles. The number of fused-ring (bicyclic) bond motifs is 1. The number of nitrogens with zero attached hydrogens (tertiary/aromatic N) is 2. The number of aryl methyl sites for hydroxylation is 1. The average Bonchev–Trinajstić information content (AvgIpc) is 2.76. The van der Waals surface area contributed by atoms with Crippen molar-refractivity contribution in [2.45, 2.75) is 26.3 Å². The van der Waals surface area contributed by atoms with Crippen LogP contribution < -0.4 is 0 Å². The quantitative estimate of drug-likeness (QED) is 0.924. The van der Waals surface area contributed by atoms with Gasteiger partial charge in [0.25, 0.3) is 0 Å². The van der Waals surface area contributed by atoms with Gasteiger partial charge in [0.1, 0.15) is 5.82 Å². The molecule has 4 nitrogen and oxygen atoms in total. The lowest BCUT2D eigenvalue weighted by atomic mass is 9.96. The number of hydrogen-bond acceptors (Lipinski definition) is 2. The predicted octanol–water partition coefficient (Wildman–Crippen LogP) is 3.16. The van der Waals surface area contributed by atoms with Crippen LogP contribution >= 0.6 is 11.6 Å². The number of halogens is 1. The van der Waals surface area contributed by atoms with E-state index in [0.717, 1.165) is 22.6 Å². The van der Waals surface area contributed by atoms with E-state index in [2.05, 4.69) is 9.55 Å². The summed E-state index contributed by atoms with van der Waals surface area (Å²) in [6.45, 7) is 2.68. The van der Waals surface area contributed by atoms with Gasteiger partial charge in [0.2, 0.25) is 0 Å². The van der Waals surface area contributed by atoms with E-state index in [9.17, 15) is 4.79 Å². The lowest BCUT2D eigenvalue weighted by Gasteiger charge is -2.22. The Morgan fingerprint density at radius 1 is 1.45 bits per heavy atom. The van der Waals surface area contributed by atoms with Crippen LogP contribution in [-0.2, 0) is 17.8 Å². The van der Waals surface area contributed by atoms with Crippen molar-refractivity contribution in [1.82, 2.24) is 9.55 Å². The number of carboxylic acid groups (broad SMARTS) is 1. The van der Waals surface area contributed by atoms with Gasteiger partial charge in [-0.05, 0) is 18.9 Å². The van der Waals surface area contributed by atoms with Crippen LogP contribution in [-0.4, -0.2) is 20.6 Å². The number of rotatable bonds is 2. The van der Waals surface area contributed by atoms with Crippen LogP contribution in [0.1, 0.15) is 17.7 Å². The molecule has 3 rings (SSSR count). The van der Waals surface area contributed by atoms with Crippen molar-refractivity contribution < 1.29 is 9.90 Å². The van der Waals surface area contributed by atoms with Gasteiger partial charge in [-0.15, -0.1) is 0 Å². The largest absolute Gasteiger partial charge is 0.481 e. The van der Waals surface area contributed by atoms with E-state index in [4.69, 9.17) is 16.7 Å². The molecule has 1 atom stereocenters. The van der Waals surface area contributed by atoms with Gasteiger partial charge < -0.3 is 9.67 Å². The molecular weight excluding hydrogens is 276 g/mol. The standard InChI is InChI=1S/C15H15ClN2O2/c1-9-4-2-3-5-11(9)14-17-13(16)12-8-10(15(19)20)6-7-18(12)14/h2-5,10H,6-8H2,1H3,(H,19,20). The molecule has 0 amide bonds. The third kappa shape index (κ3) is 2.10. The van der Waals surface area contributed by atoms with Crippen molar-refractivity contribution in [2.75, 3.05) is 0 Å². The number of imidazole rings is 1. The summed E-state index contributed by atoms with van der Waals surface area (Å²) in [7, 11) is 0. The first kappa shape index (κ1) is 13.2. The molecule has 1 aromatic carbocycles. The molecule has 2 aromatic rings. The van der Waals surface area contributed by atoms with Crippen LogP contribution in [0.4, 0.5) is 0 Å². The van der Waals surface area contributed by atoms with Gasteiger partial charge in [-0.25, -0.2) is 4.98 Å². The normalized spacial score (nSPS) is 17.8. The molecule has 5 heteroatoms. The highest BCUT2D eigenvalue weighted by atomic mass is 35.5. The van der Waals surface area contributed by atoms with E-state index in [1.165, 1.54) is 0 Å². The van der Waals surface area contributed by atoms with Gasteiger partial charge in [0.15, 0.2) is 5.15 Å². The minimum absolute atomic E-state index is 0.360. The summed E-state index contributed by atoms with van der Waals surface area (Å²) in [5.41, 5.74) is 3.02. The minimum Gasteiger partial charge on any atom is -0.481 e. The van der Waals surface area contributed by atoms with E-state index >= 15 is 0 Å². The molecule has 0 fully saturated rings. The van der Waals surface area contributed by atoms with Crippen molar-refractivity contribution in [1.29, 1.82) is 0 Å². The van der Waals surface area contributed by atoms with E-state index in [1.54, 1.807) is 0 Å². The van der Waals surface area contributed by atoms with E-state index < -0.39 is 5.97 Å². The number of carboxylic acids is 1. The number of benzene rings is 1. The van der Waals surface area contributed by atoms with Crippen LogP contribution in [0.15, 0.2) is 24.3 Å². The molecule has 0 bridgehead atoms. The van der Waals surface area contributed by atoms with E-state index in [1.807, 2.05) is 31.2 Å². The second kappa shape index (κ2) is 4.94. The Morgan fingerprint density at radius 2 is 2.20 bits per heavy atom. The van der Waals surface area contributed by atoms with E-state index in [0.29, 0.717) is 24.5 Å². The smallest absolute Gasteiger partial charge is 0.306 e. The summed E-state index contributed by atoms with van der Waals surface area (Å²) < 4.78 is 2.06. The Kier molecular flexibility index (Phi) is 3.26. The summed E-state index contributed by atoms with van der Waals surface area (Å²) in [5.74, 6) is -0.278. The maximum Gasteiger partial charge on any atom is 0.306 e. The lowest BCUT2D eigenvalue weighted by Crippen LogP contribution is -2.25. The highest BCUT2D eigenvalue weighted by Gasteiger charge is 2.29. The lowest BCUT2D eigenvalue weighted by molar-refractivity contribution is -0.142. The molecule has 1 unspecified atom stereocenters. The molecule has 0 saturated heterocycles. The fraction of sp³-hybridized carbons (Fsp3) is 0.333. The summed E-state index contributed by atoms with van der Waals surface area (Å²) in [4.78, 5) is 15.6. The molecule has 1 aromatic heterocycles. The third-order valence-corrected chi connectivity index (χ3v) is 4.20. The maximum absolute atomic E-state index is 11.1. The van der Waals surface area contributed by atoms with Crippen LogP contribution in [0, 0.1) is 12.8 Å². The second-order valence-corrected chi connectivity index (χ2v) is 5.53. The highest BCUT2D eigenvalue weighted by molar-refractivity contribution is 6.30. The molecule has 0 radical (unpaired) electrons. The SMILES string of the molecule is Cc1ccccc1-c1nc(Cl)c2n1CCC(C(=O)O)C2. The van der Waals surface area contributed by atoms with Crippen molar-refractivity contribution in [3.63, 3.8) is 0 Å². The molecule has 0 spiro atoms. The molecule has 0 aliphatic carbocycles. The third-order valence-electron chi connectivity index (χ3n) is 3.90. The fourth-order valence-electron chi connectivity index (χ4n) is 2.75. The Hall–Kier alpha value is -1.81. The maximum atomic E-state index is 11.1. The predicted molar refractivity (Wildman–Crippen MR) is 76.9 cm³/mol. The van der Waals surface area contributed by atoms with Crippen molar-refractivity contribution in [3.05, 3.63) is 40.7 Å². The van der Waals surface area contributed by atoms with Crippen LogP contribution in [0.25, 0.3) is 11.4 Å². The Morgan fingerprint density at radius 3 is 2.90 bits per heavy atom. The highest BCUT2D eigenvalue weighted by Crippen LogP contribution is 2.33. The zero-order valence-corrected chi connectivity index (χ0v) is 11.9. The summed E-state index contributed by atoms with van der Waals surface area (Å²) >= 11 is 6.21. The molecule has 104 valence electrons. The molecule has 1 aliphatic heterocycles. The van der Waals surface area contributed by atoms with Crippen molar-refractivity contribution >= 4 is 17.6 Å². The van der Waals surface area contributed by atoms with Gasteiger partial charge in [-0.2, -0.15) is 0 Å². The van der Waals surface area contributed by atoms with Crippen molar-refractivity contribution in [2.24, 2.45) is 5.92 Å². The number of aliphatic carboxylic acids is 1. The minimum atomic E-state index is -0.758. The first-order valence-electron chi connectivity index (χ1n) is 6.61. The average molecular weight is 291 g/mol. The van der Waals surface area contributed by atoms with Crippen LogP contribution in [0.5, 0.6) is 0 Å². The Labute approximate surface area is 122 Å². The summed E-state index contributed by atoms with van der Waals surface area (Å²) in [6, 6.07) is 8.01. The number of aromatic nitrogens is 2. The summed E-state index contributed by atoms with van der Waals surface area (Å²) in [6.07, 6.45) is 1.07. The Bertz CT molecular complexity index is 679. The molecule has 1 aliphatic rings. The molecule has 1 N–H and O–H groups in total. The zero-order chi connectivity index (χ0) is 14.3. The summed E-state index contributed by atoms with van der Waals surface area (Å²) in [5, 5.41) is 9.58. The second-order valence-electron chi connectivity index (χ2n) is 5.17. The van der Waals surface area contributed by atoms with Crippen LogP contribution in [0.2, 0.25) is 5.15 Å². The van der Waals surface area contributed by atoms with E-state index in [-0.39, 0.29) is 5.92 Å². The molecule has 20 heavy (non-hydrogen) atoms. The van der Waals surface area contributed by atoms with Gasteiger partial charge in [0.05, 0.1) is 11.6 Å². The number of carbonyl (C=O) groups is 1. The molecular formula is C15H15ClN2O2. The topological polar surface area (TPSA) is 55.1 Å². The van der Waals surface area contributed by atoms with Crippen molar-refractivity contribution in [3.8, 4) is 11.4 Å². The van der Waals surface area contributed by atoms with Gasteiger partial charge >= 0.3 is 5.97 Å². The van der Waals surface area contributed by atoms with Gasteiger partial charge in [-0.3, -0.25) is 4.79 Å². The first-order valence-corrected chi connectivity index (χ1v) is 6.99. The Balaban J connectivity index is 2.07. The molecule has 2 heterocycles.